The predicted octanol–water partition coefficient (Wildman–Crippen LogP) is 2.99. The Morgan fingerprint density at radius 2 is 1.88 bits per heavy atom. The monoisotopic (exact) mass is 230 g/mol. The zero-order valence-corrected chi connectivity index (χ0v) is 10.5. The van der Waals surface area contributed by atoms with Crippen molar-refractivity contribution in [3.63, 3.8) is 0 Å². The molecule has 0 fully saturated rings. The van der Waals surface area contributed by atoms with Crippen LogP contribution in [0.1, 0.15) is 32.4 Å². The molecule has 0 saturated heterocycles. The molecule has 2 aromatic rings. The summed E-state index contributed by atoms with van der Waals surface area (Å²) in [5.74, 6) is 0. The number of aromatic amines is 1. The fourth-order valence-electron chi connectivity index (χ4n) is 2.03. The van der Waals surface area contributed by atoms with E-state index < -0.39 is 0 Å². The molecule has 1 aromatic heterocycles. The van der Waals surface area contributed by atoms with Gasteiger partial charge in [0.1, 0.15) is 0 Å². The average molecular weight is 230 g/mol. The van der Waals surface area contributed by atoms with E-state index in [-0.39, 0.29) is 11.6 Å². The van der Waals surface area contributed by atoms with Crippen molar-refractivity contribution >= 4 is 0 Å². The normalized spacial score (nSPS) is 11.1. The summed E-state index contributed by atoms with van der Waals surface area (Å²) in [7, 11) is 0. The van der Waals surface area contributed by atoms with Gasteiger partial charge in [-0.2, -0.15) is 0 Å². The molecule has 0 aliphatic carbocycles. The van der Waals surface area contributed by atoms with Crippen LogP contribution in [0.5, 0.6) is 0 Å². The SMILES string of the molecule is CCc1c(-c2ccccc2)[nH]n(C(C)C)c1=O. The van der Waals surface area contributed by atoms with E-state index in [9.17, 15) is 4.79 Å². The number of hydrogen-bond acceptors (Lipinski definition) is 1. The van der Waals surface area contributed by atoms with Crippen LogP contribution in [0.25, 0.3) is 11.3 Å². The largest absolute Gasteiger partial charge is 0.294 e. The van der Waals surface area contributed by atoms with Crippen LogP contribution in [-0.4, -0.2) is 9.78 Å². The maximum Gasteiger partial charge on any atom is 0.270 e. The van der Waals surface area contributed by atoms with E-state index in [1.54, 1.807) is 4.68 Å². The standard InChI is InChI=1S/C14H18N2O/c1-4-12-13(11-8-6-5-7-9-11)15-16(10(2)3)14(12)17/h5-10,15H,4H2,1-3H3. The number of hydrogen-bond donors (Lipinski definition) is 1. The van der Waals surface area contributed by atoms with Crippen molar-refractivity contribution in [3.8, 4) is 11.3 Å². The van der Waals surface area contributed by atoms with Gasteiger partial charge in [-0.25, -0.2) is 4.68 Å². The third-order valence-corrected chi connectivity index (χ3v) is 2.94. The average Bonchev–Trinajstić information content (AvgIpc) is 2.67. The maximum absolute atomic E-state index is 12.2. The number of nitrogens with zero attached hydrogens (tertiary/aromatic N) is 1. The summed E-state index contributed by atoms with van der Waals surface area (Å²) in [5, 5.41) is 3.22. The van der Waals surface area contributed by atoms with Crippen molar-refractivity contribution in [3.05, 3.63) is 46.2 Å². The van der Waals surface area contributed by atoms with Gasteiger partial charge in [-0.3, -0.25) is 9.89 Å². The summed E-state index contributed by atoms with van der Waals surface area (Å²) in [6.07, 6.45) is 0.749. The molecule has 2 rings (SSSR count). The lowest BCUT2D eigenvalue weighted by molar-refractivity contribution is 0.517. The Morgan fingerprint density at radius 1 is 1.24 bits per heavy atom. The Bertz CT molecular complexity index is 549. The van der Waals surface area contributed by atoms with Crippen LogP contribution < -0.4 is 5.56 Å². The highest BCUT2D eigenvalue weighted by molar-refractivity contribution is 5.62. The predicted molar refractivity (Wildman–Crippen MR) is 70.3 cm³/mol. The highest BCUT2D eigenvalue weighted by atomic mass is 16.1. The molecule has 0 unspecified atom stereocenters. The molecule has 1 N–H and O–H groups in total. The number of nitrogens with one attached hydrogen (secondary N) is 1. The van der Waals surface area contributed by atoms with Gasteiger partial charge in [-0.05, 0) is 25.8 Å². The second-order valence-electron chi connectivity index (χ2n) is 4.45. The van der Waals surface area contributed by atoms with Crippen molar-refractivity contribution in [2.24, 2.45) is 0 Å². The van der Waals surface area contributed by atoms with Crippen LogP contribution in [0.15, 0.2) is 35.1 Å². The zero-order chi connectivity index (χ0) is 12.4. The van der Waals surface area contributed by atoms with Gasteiger partial charge >= 0.3 is 0 Å². The van der Waals surface area contributed by atoms with Gasteiger partial charge in [0.2, 0.25) is 0 Å². The van der Waals surface area contributed by atoms with Crippen molar-refractivity contribution in [1.82, 2.24) is 9.78 Å². The van der Waals surface area contributed by atoms with Crippen molar-refractivity contribution < 1.29 is 0 Å². The third kappa shape index (κ3) is 2.05. The van der Waals surface area contributed by atoms with Crippen molar-refractivity contribution in [1.29, 1.82) is 0 Å². The zero-order valence-electron chi connectivity index (χ0n) is 10.5. The van der Waals surface area contributed by atoms with E-state index in [2.05, 4.69) is 5.10 Å². The molecular formula is C14H18N2O. The van der Waals surface area contributed by atoms with E-state index in [4.69, 9.17) is 0 Å². The summed E-state index contributed by atoms with van der Waals surface area (Å²) in [5.41, 5.74) is 2.99. The molecule has 0 amide bonds. The maximum atomic E-state index is 12.2. The first kappa shape index (κ1) is 11.7. The molecule has 3 heteroatoms. The van der Waals surface area contributed by atoms with Gasteiger partial charge in [-0.1, -0.05) is 37.3 Å². The molecule has 0 aliphatic rings. The molecule has 1 aromatic carbocycles. The minimum Gasteiger partial charge on any atom is -0.294 e. The van der Waals surface area contributed by atoms with Crippen molar-refractivity contribution in [2.45, 2.75) is 33.2 Å². The second kappa shape index (κ2) is 4.62. The van der Waals surface area contributed by atoms with Gasteiger partial charge in [0.05, 0.1) is 5.69 Å². The summed E-state index contributed by atoms with van der Waals surface area (Å²) < 4.78 is 1.70. The molecule has 0 spiro atoms. The van der Waals surface area contributed by atoms with E-state index in [1.165, 1.54) is 0 Å². The van der Waals surface area contributed by atoms with Crippen LogP contribution in [0.4, 0.5) is 0 Å². The van der Waals surface area contributed by atoms with Gasteiger partial charge < -0.3 is 0 Å². The molecule has 0 radical (unpaired) electrons. The van der Waals surface area contributed by atoms with Crippen molar-refractivity contribution in [2.75, 3.05) is 0 Å². The Kier molecular flexibility index (Phi) is 3.18. The lowest BCUT2D eigenvalue weighted by atomic mass is 10.1. The lowest BCUT2D eigenvalue weighted by Gasteiger charge is -2.04. The molecule has 17 heavy (non-hydrogen) atoms. The molecule has 3 nitrogen and oxygen atoms in total. The van der Waals surface area contributed by atoms with Gasteiger partial charge in [0.15, 0.2) is 0 Å². The van der Waals surface area contributed by atoms with Crippen LogP contribution in [0.3, 0.4) is 0 Å². The van der Waals surface area contributed by atoms with E-state index in [1.807, 2.05) is 51.1 Å². The quantitative estimate of drug-likeness (QED) is 0.864. The molecule has 0 saturated carbocycles. The van der Waals surface area contributed by atoms with Gasteiger partial charge in [0.25, 0.3) is 5.56 Å². The van der Waals surface area contributed by atoms with E-state index in [0.29, 0.717) is 0 Å². The van der Waals surface area contributed by atoms with Crippen LogP contribution in [-0.2, 0) is 6.42 Å². The fraction of sp³-hybridized carbons (Fsp3) is 0.357. The second-order valence-corrected chi connectivity index (χ2v) is 4.45. The number of H-pyrrole nitrogens is 1. The lowest BCUT2D eigenvalue weighted by Crippen LogP contribution is -2.20. The topological polar surface area (TPSA) is 37.8 Å². The first-order chi connectivity index (χ1) is 8.15. The van der Waals surface area contributed by atoms with E-state index >= 15 is 0 Å². The number of rotatable bonds is 3. The Morgan fingerprint density at radius 3 is 2.41 bits per heavy atom. The Hall–Kier alpha value is -1.77. The molecule has 0 aliphatic heterocycles. The first-order valence-electron chi connectivity index (χ1n) is 6.04. The molecule has 1 heterocycles. The Labute approximate surface area is 101 Å². The number of benzene rings is 1. The summed E-state index contributed by atoms with van der Waals surface area (Å²) in [6, 6.07) is 10.2. The highest BCUT2D eigenvalue weighted by Crippen LogP contribution is 2.20. The molecular weight excluding hydrogens is 212 g/mol. The minimum atomic E-state index is 0.0985. The van der Waals surface area contributed by atoms with Gasteiger partial charge in [0, 0.05) is 11.6 Å². The highest BCUT2D eigenvalue weighted by Gasteiger charge is 2.15. The fourth-order valence-corrected chi connectivity index (χ4v) is 2.03. The van der Waals surface area contributed by atoms with E-state index in [0.717, 1.165) is 23.2 Å². The van der Waals surface area contributed by atoms with Gasteiger partial charge in [-0.15, -0.1) is 0 Å². The molecule has 90 valence electrons. The molecule has 0 bridgehead atoms. The summed E-state index contributed by atoms with van der Waals surface area (Å²) >= 11 is 0. The minimum absolute atomic E-state index is 0.0985. The Balaban J connectivity index is 2.63. The van der Waals surface area contributed by atoms with Crippen LogP contribution in [0, 0.1) is 0 Å². The molecule has 0 atom stereocenters. The third-order valence-electron chi connectivity index (χ3n) is 2.94. The van der Waals surface area contributed by atoms with Crippen LogP contribution in [0.2, 0.25) is 0 Å². The first-order valence-corrected chi connectivity index (χ1v) is 6.04. The summed E-state index contributed by atoms with van der Waals surface area (Å²) in [6.45, 7) is 6.03. The number of aromatic nitrogens is 2. The summed E-state index contributed by atoms with van der Waals surface area (Å²) in [4.78, 5) is 12.2. The van der Waals surface area contributed by atoms with Crippen LogP contribution >= 0.6 is 0 Å². The smallest absolute Gasteiger partial charge is 0.270 e.